The molecule has 0 bridgehead atoms. The fourth-order valence-electron chi connectivity index (χ4n) is 2.92. The lowest BCUT2D eigenvalue weighted by atomic mass is 9.96. The number of hydrogen-bond donors (Lipinski definition) is 1. The average molecular weight is 368 g/mol. The van der Waals surface area contributed by atoms with Gasteiger partial charge >= 0.3 is 5.97 Å². The summed E-state index contributed by atoms with van der Waals surface area (Å²) in [6.07, 6.45) is 0.974. The largest absolute Gasteiger partial charge is 0.465 e. The van der Waals surface area contributed by atoms with Gasteiger partial charge in [-0.05, 0) is 44.4 Å². The maximum absolute atomic E-state index is 12.5. The van der Waals surface area contributed by atoms with Crippen molar-refractivity contribution in [2.24, 2.45) is 5.92 Å². The molecule has 2 rings (SSSR count). The summed E-state index contributed by atoms with van der Waals surface area (Å²) in [6.45, 7) is 4.08. The number of benzene rings is 1. The number of sulfonamides is 1. The summed E-state index contributed by atoms with van der Waals surface area (Å²) in [5.74, 6) is -0.779. The van der Waals surface area contributed by atoms with E-state index in [2.05, 4.69) is 5.32 Å². The van der Waals surface area contributed by atoms with Gasteiger partial charge in [-0.15, -0.1) is 0 Å². The summed E-state index contributed by atoms with van der Waals surface area (Å²) < 4.78 is 29.9. The Balaban J connectivity index is 2.03. The average Bonchev–Trinajstić information content (AvgIpc) is 2.62. The summed E-state index contributed by atoms with van der Waals surface area (Å²) in [5.41, 5.74) is 1.62. The van der Waals surface area contributed by atoms with Crippen molar-refractivity contribution < 1.29 is 22.7 Å². The quantitative estimate of drug-likeness (QED) is 0.800. The SMILES string of the molecule is CCS(=O)(=O)N1CCC(C(=O)Nc2cccc(C(=O)OC)c2C)CC1. The first-order valence-corrected chi connectivity index (χ1v) is 9.87. The third kappa shape index (κ3) is 4.38. The second-order valence-corrected chi connectivity index (χ2v) is 8.29. The number of carbonyl (C=O) groups is 2. The van der Waals surface area contributed by atoms with Gasteiger partial charge in [0.2, 0.25) is 15.9 Å². The van der Waals surface area contributed by atoms with Crippen molar-refractivity contribution in [1.82, 2.24) is 4.31 Å². The Morgan fingerprint density at radius 3 is 2.48 bits per heavy atom. The number of nitrogens with zero attached hydrogens (tertiary/aromatic N) is 1. The summed E-state index contributed by atoms with van der Waals surface area (Å²) in [7, 11) is -1.89. The van der Waals surface area contributed by atoms with Crippen LogP contribution in [0.15, 0.2) is 18.2 Å². The van der Waals surface area contributed by atoms with Gasteiger partial charge in [-0.2, -0.15) is 0 Å². The molecular formula is C17H24N2O5S. The maximum atomic E-state index is 12.5. The second kappa shape index (κ2) is 7.97. The van der Waals surface area contributed by atoms with Gasteiger partial charge in [0.1, 0.15) is 0 Å². The highest BCUT2D eigenvalue weighted by Crippen LogP contribution is 2.24. The number of rotatable bonds is 5. The lowest BCUT2D eigenvalue weighted by Crippen LogP contribution is -2.42. The molecule has 1 aliphatic rings. The first-order chi connectivity index (χ1) is 11.8. The first-order valence-electron chi connectivity index (χ1n) is 8.26. The Morgan fingerprint density at radius 2 is 1.92 bits per heavy atom. The van der Waals surface area contributed by atoms with Crippen LogP contribution in [0.25, 0.3) is 0 Å². The van der Waals surface area contributed by atoms with Gasteiger partial charge in [-0.3, -0.25) is 4.79 Å². The second-order valence-electron chi connectivity index (χ2n) is 6.03. The number of esters is 1. The first kappa shape index (κ1) is 19.4. The molecule has 1 aliphatic heterocycles. The molecule has 1 N–H and O–H groups in total. The fraction of sp³-hybridized carbons (Fsp3) is 0.529. The van der Waals surface area contributed by atoms with Crippen LogP contribution in [0.1, 0.15) is 35.7 Å². The standard InChI is InChI=1S/C17H24N2O5S/c1-4-25(22,23)19-10-8-13(9-11-19)16(20)18-15-7-5-6-14(12(15)2)17(21)24-3/h5-7,13H,4,8-11H2,1-3H3,(H,18,20). The van der Waals surface area contributed by atoms with E-state index >= 15 is 0 Å². The zero-order valence-corrected chi connectivity index (χ0v) is 15.6. The number of amides is 1. The summed E-state index contributed by atoms with van der Waals surface area (Å²) in [6, 6.07) is 5.06. The maximum Gasteiger partial charge on any atom is 0.338 e. The highest BCUT2D eigenvalue weighted by molar-refractivity contribution is 7.89. The van der Waals surface area contributed by atoms with Crippen LogP contribution in [0.5, 0.6) is 0 Å². The van der Waals surface area contributed by atoms with Crippen molar-refractivity contribution in [2.45, 2.75) is 26.7 Å². The van der Waals surface area contributed by atoms with E-state index < -0.39 is 16.0 Å². The molecule has 0 atom stereocenters. The Labute approximate surface area is 148 Å². The van der Waals surface area contributed by atoms with E-state index in [0.29, 0.717) is 42.7 Å². The van der Waals surface area contributed by atoms with Crippen molar-refractivity contribution in [3.63, 3.8) is 0 Å². The van der Waals surface area contributed by atoms with Gasteiger partial charge in [-0.25, -0.2) is 17.5 Å². The van der Waals surface area contributed by atoms with Crippen LogP contribution in [-0.2, 0) is 19.6 Å². The zero-order valence-electron chi connectivity index (χ0n) is 14.7. The van der Waals surface area contributed by atoms with Crippen LogP contribution in [0, 0.1) is 12.8 Å². The molecule has 1 amide bonds. The minimum Gasteiger partial charge on any atom is -0.465 e. The highest BCUT2D eigenvalue weighted by atomic mass is 32.2. The van der Waals surface area contributed by atoms with E-state index in [1.54, 1.807) is 32.0 Å². The van der Waals surface area contributed by atoms with Crippen LogP contribution in [0.2, 0.25) is 0 Å². The highest BCUT2D eigenvalue weighted by Gasteiger charge is 2.30. The molecule has 0 unspecified atom stereocenters. The van der Waals surface area contributed by atoms with Crippen LogP contribution < -0.4 is 5.32 Å². The van der Waals surface area contributed by atoms with Crippen LogP contribution >= 0.6 is 0 Å². The molecule has 138 valence electrons. The number of ether oxygens (including phenoxy) is 1. The van der Waals surface area contributed by atoms with E-state index in [1.807, 2.05) is 0 Å². The van der Waals surface area contributed by atoms with Gasteiger partial charge in [0.05, 0.1) is 18.4 Å². The van der Waals surface area contributed by atoms with Crippen molar-refractivity contribution in [1.29, 1.82) is 0 Å². The van der Waals surface area contributed by atoms with Crippen molar-refractivity contribution in [2.75, 3.05) is 31.3 Å². The Morgan fingerprint density at radius 1 is 1.28 bits per heavy atom. The topological polar surface area (TPSA) is 92.8 Å². The molecule has 0 aliphatic carbocycles. The lowest BCUT2D eigenvalue weighted by molar-refractivity contribution is -0.120. The van der Waals surface area contributed by atoms with Crippen LogP contribution in [0.3, 0.4) is 0 Å². The fourth-order valence-corrected chi connectivity index (χ4v) is 4.05. The van der Waals surface area contributed by atoms with Gasteiger partial charge in [-0.1, -0.05) is 6.07 Å². The Hall–Kier alpha value is -1.93. The molecule has 0 aromatic heterocycles. The van der Waals surface area contributed by atoms with Crippen LogP contribution in [-0.4, -0.2) is 50.6 Å². The molecule has 1 fully saturated rings. The number of piperidine rings is 1. The number of nitrogens with one attached hydrogen (secondary N) is 1. The van der Waals surface area contributed by atoms with Gasteiger partial charge < -0.3 is 10.1 Å². The summed E-state index contributed by atoms with van der Waals surface area (Å²) >= 11 is 0. The van der Waals surface area contributed by atoms with E-state index in [9.17, 15) is 18.0 Å². The van der Waals surface area contributed by atoms with E-state index in [0.717, 1.165) is 0 Å². The normalized spacial score (nSPS) is 16.4. The molecule has 0 saturated carbocycles. The zero-order chi connectivity index (χ0) is 18.6. The summed E-state index contributed by atoms with van der Waals surface area (Å²) in [5, 5.41) is 2.85. The van der Waals surface area contributed by atoms with Crippen molar-refractivity contribution >= 4 is 27.6 Å². The molecule has 1 saturated heterocycles. The number of methoxy groups -OCH3 is 1. The van der Waals surface area contributed by atoms with Crippen LogP contribution in [0.4, 0.5) is 5.69 Å². The number of carbonyl (C=O) groups excluding carboxylic acids is 2. The Kier molecular flexibility index (Phi) is 6.18. The molecular weight excluding hydrogens is 344 g/mol. The molecule has 7 nitrogen and oxygen atoms in total. The van der Waals surface area contributed by atoms with Gasteiger partial charge in [0, 0.05) is 24.7 Å². The molecule has 0 radical (unpaired) electrons. The van der Waals surface area contributed by atoms with E-state index in [1.165, 1.54) is 11.4 Å². The Bertz CT molecular complexity index is 752. The lowest BCUT2D eigenvalue weighted by Gasteiger charge is -2.30. The molecule has 1 heterocycles. The predicted octanol–water partition coefficient (Wildman–Crippen LogP) is 1.78. The molecule has 1 aromatic carbocycles. The number of hydrogen-bond acceptors (Lipinski definition) is 5. The monoisotopic (exact) mass is 368 g/mol. The van der Waals surface area contributed by atoms with Gasteiger partial charge in [0.15, 0.2) is 0 Å². The smallest absolute Gasteiger partial charge is 0.338 e. The van der Waals surface area contributed by atoms with E-state index in [4.69, 9.17) is 4.74 Å². The third-order valence-electron chi connectivity index (χ3n) is 4.58. The minimum atomic E-state index is -3.20. The van der Waals surface area contributed by atoms with Gasteiger partial charge in [0.25, 0.3) is 0 Å². The number of anilines is 1. The van der Waals surface area contributed by atoms with Crippen molar-refractivity contribution in [3.05, 3.63) is 29.3 Å². The van der Waals surface area contributed by atoms with Crippen molar-refractivity contribution in [3.8, 4) is 0 Å². The molecule has 1 aromatic rings. The minimum absolute atomic E-state index is 0.0728. The summed E-state index contributed by atoms with van der Waals surface area (Å²) in [4.78, 5) is 24.2. The third-order valence-corrected chi connectivity index (χ3v) is 6.46. The predicted molar refractivity (Wildman–Crippen MR) is 94.9 cm³/mol. The molecule has 8 heteroatoms. The van der Waals surface area contributed by atoms with E-state index in [-0.39, 0.29) is 17.6 Å². The molecule has 25 heavy (non-hydrogen) atoms. The molecule has 0 spiro atoms.